The highest BCUT2D eigenvalue weighted by molar-refractivity contribution is 6.42. The van der Waals surface area contributed by atoms with Crippen molar-refractivity contribution in [2.24, 2.45) is 5.73 Å². The van der Waals surface area contributed by atoms with Crippen molar-refractivity contribution >= 4 is 41.5 Å². The fourth-order valence-electron chi connectivity index (χ4n) is 1.83. The topological polar surface area (TPSA) is 55.6 Å². The third-order valence-electron chi connectivity index (χ3n) is 3.02. The molecule has 0 aliphatic carbocycles. The van der Waals surface area contributed by atoms with E-state index in [-0.39, 0.29) is 30.9 Å². The molecule has 4 nitrogen and oxygen atoms in total. The maximum atomic E-state index is 12.4. The Morgan fingerprint density at radius 3 is 2.38 bits per heavy atom. The maximum absolute atomic E-state index is 12.4. The first-order valence-corrected chi connectivity index (χ1v) is 7.13. The van der Waals surface area contributed by atoms with Crippen molar-refractivity contribution < 1.29 is 9.53 Å². The van der Waals surface area contributed by atoms with Crippen LogP contribution in [0.3, 0.4) is 0 Å². The van der Waals surface area contributed by atoms with Gasteiger partial charge in [0.15, 0.2) is 0 Å². The predicted molar refractivity (Wildman–Crippen MR) is 89.2 cm³/mol. The summed E-state index contributed by atoms with van der Waals surface area (Å²) < 4.78 is 5.11. The molecule has 0 heterocycles. The number of hydrogen-bond donors (Lipinski definition) is 1. The monoisotopic (exact) mass is 354 g/mol. The average molecular weight is 356 g/mol. The molecule has 0 bridgehead atoms. The fourth-order valence-corrected chi connectivity index (χ4v) is 2.15. The number of rotatable bonds is 6. The zero-order valence-electron chi connectivity index (χ0n) is 12.3. The molecule has 0 radical (unpaired) electrons. The lowest BCUT2D eigenvalue weighted by molar-refractivity contribution is -0.143. The standard InChI is InChI=1S/C14H20Cl2N2O2.ClH/c1-9(2)18(14(19)13(7-17)20-3)8-10-4-5-11(15)12(16)6-10;/h4-6,9,13H,7-8,17H2,1-3H3;1H. The van der Waals surface area contributed by atoms with Gasteiger partial charge in [-0.3, -0.25) is 4.79 Å². The second kappa shape index (κ2) is 9.49. The Morgan fingerprint density at radius 1 is 1.33 bits per heavy atom. The van der Waals surface area contributed by atoms with E-state index in [0.29, 0.717) is 16.6 Å². The first-order chi connectivity index (χ1) is 9.40. The van der Waals surface area contributed by atoms with Crippen molar-refractivity contribution in [2.75, 3.05) is 13.7 Å². The highest BCUT2D eigenvalue weighted by Gasteiger charge is 2.25. The van der Waals surface area contributed by atoms with Crippen molar-refractivity contribution in [3.05, 3.63) is 33.8 Å². The van der Waals surface area contributed by atoms with Gasteiger partial charge in [-0.15, -0.1) is 12.4 Å². The minimum absolute atomic E-state index is 0. The van der Waals surface area contributed by atoms with E-state index in [2.05, 4.69) is 0 Å². The molecule has 0 aliphatic heterocycles. The Balaban J connectivity index is 0.00000400. The normalized spacial score (nSPS) is 12.0. The van der Waals surface area contributed by atoms with E-state index in [9.17, 15) is 4.79 Å². The van der Waals surface area contributed by atoms with Gasteiger partial charge in [-0.05, 0) is 31.5 Å². The first-order valence-electron chi connectivity index (χ1n) is 6.38. The summed E-state index contributed by atoms with van der Waals surface area (Å²) in [4.78, 5) is 14.1. The van der Waals surface area contributed by atoms with Crippen LogP contribution in [0.4, 0.5) is 0 Å². The molecular weight excluding hydrogens is 335 g/mol. The molecule has 0 fully saturated rings. The van der Waals surface area contributed by atoms with Crippen molar-refractivity contribution in [3.8, 4) is 0 Å². The minimum atomic E-state index is -0.625. The van der Waals surface area contributed by atoms with Gasteiger partial charge in [0.05, 0.1) is 10.0 Å². The van der Waals surface area contributed by atoms with Crippen molar-refractivity contribution in [1.82, 2.24) is 4.90 Å². The van der Waals surface area contributed by atoms with Gasteiger partial charge in [0.2, 0.25) is 0 Å². The van der Waals surface area contributed by atoms with Crippen LogP contribution in [0, 0.1) is 0 Å². The molecule has 1 amide bonds. The Hall–Kier alpha value is -0.520. The van der Waals surface area contributed by atoms with Gasteiger partial charge in [0.1, 0.15) is 6.10 Å². The summed E-state index contributed by atoms with van der Waals surface area (Å²) in [5, 5.41) is 0.969. The summed E-state index contributed by atoms with van der Waals surface area (Å²) in [7, 11) is 1.48. The third-order valence-corrected chi connectivity index (χ3v) is 3.76. The lowest BCUT2D eigenvalue weighted by atomic mass is 10.1. The summed E-state index contributed by atoms with van der Waals surface area (Å²) in [6, 6.07) is 5.36. The highest BCUT2D eigenvalue weighted by atomic mass is 35.5. The number of halogens is 3. The number of carbonyl (C=O) groups is 1. The lowest BCUT2D eigenvalue weighted by Gasteiger charge is -2.30. The molecule has 7 heteroatoms. The number of carbonyl (C=O) groups excluding carboxylic acids is 1. The van der Waals surface area contributed by atoms with Crippen LogP contribution < -0.4 is 5.73 Å². The average Bonchev–Trinajstić information content (AvgIpc) is 2.40. The van der Waals surface area contributed by atoms with Gasteiger partial charge >= 0.3 is 0 Å². The quantitative estimate of drug-likeness (QED) is 0.853. The SMILES string of the molecule is COC(CN)C(=O)N(Cc1ccc(Cl)c(Cl)c1)C(C)C.Cl. The van der Waals surface area contributed by atoms with Gasteiger partial charge in [0.25, 0.3) is 5.91 Å². The highest BCUT2D eigenvalue weighted by Crippen LogP contribution is 2.23. The number of benzene rings is 1. The van der Waals surface area contributed by atoms with Crippen molar-refractivity contribution in [3.63, 3.8) is 0 Å². The molecule has 0 aliphatic rings. The predicted octanol–water partition coefficient (Wildman–Crippen LogP) is 3.13. The molecule has 120 valence electrons. The van der Waals surface area contributed by atoms with E-state index in [4.69, 9.17) is 33.7 Å². The Kier molecular flexibility index (Phi) is 9.25. The van der Waals surface area contributed by atoms with Crippen LogP contribution in [0.15, 0.2) is 18.2 Å². The molecule has 21 heavy (non-hydrogen) atoms. The minimum Gasteiger partial charge on any atom is -0.370 e. The number of hydrogen-bond acceptors (Lipinski definition) is 3. The van der Waals surface area contributed by atoms with Gasteiger partial charge < -0.3 is 15.4 Å². The largest absolute Gasteiger partial charge is 0.370 e. The van der Waals surface area contributed by atoms with Crippen molar-refractivity contribution in [1.29, 1.82) is 0 Å². The molecule has 0 saturated carbocycles. The molecule has 1 atom stereocenters. The molecular formula is C14H21Cl3N2O2. The van der Waals surface area contributed by atoms with E-state index >= 15 is 0 Å². The van der Waals surface area contributed by atoms with Gasteiger partial charge in [-0.25, -0.2) is 0 Å². The third kappa shape index (κ3) is 5.64. The number of nitrogens with two attached hydrogens (primary N) is 1. The Labute approximate surface area is 141 Å². The number of nitrogens with zero attached hydrogens (tertiary/aromatic N) is 1. The van der Waals surface area contributed by atoms with Gasteiger partial charge in [-0.2, -0.15) is 0 Å². The lowest BCUT2D eigenvalue weighted by Crippen LogP contribution is -2.46. The van der Waals surface area contributed by atoms with E-state index in [1.807, 2.05) is 19.9 Å². The first kappa shape index (κ1) is 20.5. The molecule has 0 aromatic heterocycles. The van der Waals surface area contributed by atoms with Crippen LogP contribution in [0.2, 0.25) is 10.0 Å². The fraction of sp³-hybridized carbons (Fsp3) is 0.500. The summed E-state index contributed by atoms with van der Waals surface area (Å²) in [5.41, 5.74) is 6.46. The van der Waals surface area contributed by atoms with Crippen LogP contribution >= 0.6 is 35.6 Å². The van der Waals surface area contributed by atoms with Crippen LogP contribution in [0.1, 0.15) is 19.4 Å². The molecule has 2 N–H and O–H groups in total. The van der Waals surface area contributed by atoms with E-state index < -0.39 is 6.10 Å². The van der Waals surface area contributed by atoms with Crippen LogP contribution in [-0.2, 0) is 16.1 Å². The number of amides is 1. The van der Waals surface area contributed by atoms with Gasteiger partial charge in [-0.1, -0.05) is 29.3 Å². The summed E-state index contributed by atoms with van der Waals surface area (Å²) in [6.45, 7) is 4.48. The second-order valence-corrected chi connectivity index (χ2v) is 5.58. The summed E-state index contributed by atoms with van der Waals surface area (Å²) >= 11 is 11.9. The smallest absolute Gasteiger partial charge is 0.253 e. The molecule has 1 rings (SSSR count). The zero-order chi connectivity index (χ0) is 15.3. The Bertz CT molecular complexity index is 466. The number of methoxy groups -OCH3 is 1. The van der Waals surface area contributed by atoms with E-state index in [1.165, 1.54) is 7.11 Å². The Morgan fingerprint density at radius 2 is 1.95 bits per heavy atom. The maximum Gasteiger partial charge on any atom is 0.253 e. The van der Waals surface area contributed by atoms with E-state index in [0.717, 1.165) is 5.56 Å². The molecule has 1 aromatic rings. The van der Waals surface area contributed by atoms with Crippen LogP contribution in [0.5, 0.6) is 0 Å². The summed E-state index contributed by atoms with van der Waals surface area (Å²) in [6.07, 6.45) is -0.625. The van der Waals surface area contributed by atoms with Crippen molar-refractivity contribution in [2.45, 2.75) is 32.5 Å². The molecule has 1 aromatic carbocycles. The molecule has 0 spiro atoms. The van der Waals surface area contributed by atoms with Crippen LogP contribution in [-0.4, -0.2) is 36.6 Å². The second-order valence-electron chi connectivity index (χ2n) is 4.77. The number of ether oxygens (including phenoxy) is 1. The zero-order valence-corrected chi connectivity index (χ0v) is 14.6. The van der Waals surface area contributed by atoms with Gasteiger partial charge in [0, 0.05) is 26.2 Å². The molecule has 0 saturated heterocycles. The molecule has 1 unspecified atom stereocenters. The summed E-state index contributed by atoms with van der Waals surface area (Å²) in [5.74, 6) is -0.129. The van der Waals surface area contributed by atoms with E-state index in [1.54, 1.807) is 17.0 Å². The van der Waals surface area contributed by atoms with Crippen LogP contribution in [0.25, 0.3) is 0 Å².